The Hall–Kier alpha value is -0.0800. The van der Waals surface area contributed by atoms with Crippen LogP contribution in [0, 0.1) is 11.8 Å². The molecule has 0 heterocycles. The summed E-state index contributed by atoms with van der Waals surface area (Å²) in [5, 5.41) is 3.82. The van der Waals surface area contributed by atoms with Gasteiger partial charge in [-0.2, -0.15) is 0 Å². The van der Waals surface area contributed by atoms with Crippen LogP contribution in [0.3, 0.4) is 0 Å². The molecule has 0 aliphatic heterocycles. The summed E-state index contributed by atoms with van der Waals surface area (Å²) in [5.41, 5.74) is 0. The molecule has 0 aromatic rings. The Balaban J connectivity index is 1.92. The van der Waals surface area contributed by atoms with E-state index in [1.165, 1.54) is 64.6 Å². The van der Waals surface area contributed by atoms with Crippen molar-refractivity contribution in [2.75, 3.05) is 19.6 Å². The molecule has 3 unspecified atom stereocenters. The number of rotatable bonds is 7. The van der Waals surface area contributed by atoms with Crippen LogP contribution in [-0.4, -0.2) is 36.6 Å². The maximum Gasteiger partial charge on any atom is 0.0251 e. The second-order valence-corrected chi connectivity index (χ2v) is 6.93. The molecule has 2 aliphatic rings. The smallest absolute Gasteiger partial charge is 0.0251 e. The highest BCUT2D eigenvalue weighted by Crippen LogP contribution is 2.32. The van der Waals surface area contributed by atoms with Crippen LogP contribution >= 0.6 is 0 Å². The Morgan fingerprint density at radius 2 is 1.89 bits per heavy atom. The third-order valence-electron chi connectivity index (χ3n) is 5.33. The van der Waals surface area contributed by atoms with E-state index in [0.717, 1.165) is 23.9 Å². The van der Waals surface area contributed by atoms with Gasteiger partial charge in [0.1, 0.15) is 0 Å². The van der Waals surface area contributed by atoms with Crippen LogP contribution < -0.4 is 5.32 Å². The summed E-state index contributed by atoms with van der Waals surface area (Å²) in [6, 6.07) is 1.54. The minimum atomic E-state index is 0.746. The second-order valence-electron chi connectivity index (χ2n) is 6.93. The van der Waals surface area contributed by atoms with E-state index in [0.29, 0.717) is 0 Å². The van der Waals surface area contributed by atoms with Crippen molar-refractivity contribution in [2.45, 2.75) is 77.8 Å². The van der Waals surface area contributed by atoms with E-state index in [-0.39, 0.29) is 0 Å². The van der Waals surface area contributed by atoms with Gasteiger partial charge in [-0.05, 0) is 63.5 Å². The molecule has 2 saturated carbocycles. The van der Waals surface area contributed by atoms with Crippen molar-refractivity contribution in [3.63, 3.8) is 0 Å². The summed E-state index contributed by atoms with van der Waals surface area (Å²) in [6.45, 7) is 10.9. The van der Waals surface area contributed by atoms with E-state index in [9.17, 15) is 0 Å². The summed E-state index contributed by atoms with van der Waals surface area (Å²) >= 11 is 0. The molecule has 0 radical (unpaired) electrons. The maximum atomic E-state index is 3.82. The predicted octanol–water partition coefficient (Wildman–Crippen LogP) is 3.67. The SMILES string of the molecule is CCCNC1CCC(C)CC1N(CC)CC1CCC1. The van der Waals surface area contributed by atoms with E-state index in [2.05, 4.69) is 31.0 Å². The second kappa shape index (κ2) is 7.64. The highest BCUT2D eigenvalue weighted by atomic mass is 15.2. The molecule has 2 rings (SSSR count). The van der Waals surface area contributed by atoms with Crippen molar-refractivity contribution < 1.29 is 0 Å². The van der Waals surface area contributed by atoms with Crippen molar-refractivity contribution in [1.29, 1.82) is 0 Å². The normalized spacial score (nSPS) is 32.5. The molecule has 19 heavy (non-hydrogen) atoms. The quantitative estimate of drug-likeness (QED) is 0.756. The first-order valence-electron chi connectivity index (χ1n) is 8.72. The van der Waals surface area contributed by atoms with E-state index < -0.39 is 0 Å². The Bertz CT molecular complexity index is 248. The number of likely N-dealkylation sites (N-methyl/N-ethyl adjacent to an activating group) is 1. The van der Waals surface area contributed by atoms with Gasteiger partial charge in [-0.1, -0.05) is 27.2 Å². The van der Waals surface area contributed by atoms with E-state index in [1.54, 1.807) is 0 Å². The Labute approximate surface area is 120 Å². The zero-order chi connectivity index (χ0) is 13.7. The van der Waals surface area contributed by atoms with E-state index >= 15 is 0 Å². The third kappa shape index (κ3) is 4.19. The zero-order valence-corrected chi connectivity index (χ0v) is 13.3. The minimum Gasteiger partial charge on any atom is -0.312 e. The first-order valence-corrected chi connectivity index (χ1v) is 8.72. The molecule has 1 N–H and O–H groups in total. The lowest BCUT2D eigenvalue weighted by Crippen LogP contribution is -2.54. The van der Waals surface area contributed by atoms with Gasteiger partial charge in [0.25, 0.3) is 0 Å². The fourth-order valence-corrected chi connectivity index (χ4v) is 3.83. The van der Waals surface area contributed by atoms with Crippen LogP contribution in [0.4, 0.5) is 0 Å². The van der Waals surface area contributed by atoms with Crippen molar-refractivity contribution in [2.24, 2.45) is 11.8 Å². The van der Waals surface area contributed by atoms with Gasteiger partial charge in [0, 0.05) is 18.6 Å². The molecule has 2 nitrogen and oxygen atoms in total. The number of hydrogen-bond donors (Lipinski definition) is 1. The van der Waals surface area contributed by atoms with Gasteiger partial charge < -0.3 is 5.32 Å². The summed E-state index contributed by atoms with van der Waals surface area (Å²) in [6.07, 6.45) is 9.89. The average Bonchev–Trinajstić information content (AvgIpc) is 2.36. The molecule has 0 aromatic carbocycles. The van der Waals surface area contributed by atoms with Crippen LogP contribution in [0.25, 0.3) is 0 Å². The molecule has 2 aliphatic carbocycles. The number of nitrogens with one attached hydrogen (secondary N) is 1. The highest BCUT2D eigenvalue weighted by molar-refractivity contribution is 4.91. The number of hydrogen-bond acceptors (Lipinski definition) is 2. The lowest BCUT2D eigenvalue weighted by molar-refractivity contribution is 0.0750. The molecule has 0 bridgehead atoms. The summed E-state index contributed by atoms with van der Waals surface area (Å²) < 4.78 is 0. The molecule has 0 amide bonds. The van der Waals surface area contributed by atoms with Crippen LogP contribution in [0.2, 0.25) is 0 Å². The van der Waals surface area contributed by atoms with Gasteiger partial charge in [0.15, 0.2) is 0 Å². The predicted molar refractivity (Wildman–Crippen MR) is 83.5 cm³/mol. The van der Waals surface area contributed by atoms with Crippen molar-refractivity contribution in [3.05, 3.63) is 0 Å². The van der Waals surface area contributed by atoms with Crippen LogP contribution in [0.5, 0.6) is 0 Å². The van der Waals surface area contributed by atoms with E-state index in [1.807, 2.05) is 0 Å². The summed E-state index contributed by atoms with van der Waals surface area (Å²) in [4.78, 5) is 2.80. The lowest BCUT2D eigenvalue weighted by Gasteiger charge is -2.44. The molecular weight excluding hydrogens is 232 g/mol. The minimum absolute atomic E-state index is 0.746. The van der Waals surface area contributed by atoms with Gasteiger partial charge in [-0.25, -0.2) is 0 Å². The topological polar surface area (TPSA) is 15.3 Å². The Morgan fingerprint density at radius 3 is 2.47 bits per heavy atom. The van der Waals surface area contributed by atoms with Crippen LogP contribution in [-0.2, 0) is 0 Å². The Kier molecular flexibility index (Phi) is 6.15. The van der Waals surface area contributed by atoms with Gasteiger partial charge in [0.05, 0.1) is 0 Å². The summed E-state index contributed by atoms with van der Waals surface area (Å²) in [5.74, 6) is 1.92. The fraction of sp³-hybridized carbons (Fsp3) is 1.00. The molecule has 3 atom stereocenters. The third-order valence-corrected chi connectivity index (χ3v) is 5.33. The number of nitrogens with zero attached hydrogens (tertiary/aromatic N) is 1. The average molecular weight is 266 g/mol. The maximum absolute atomic E-state index is 3.82. The molecule has 0 aromatic heterocycles. The molecule has 2 fully saturated rings. The van der Waals surface area contributed by atoms with Crippen molar-refractivity contribution in [3.8, 4) is 0 Å². The van der Waals surface area contributed by atoms with Gasteiger partial charge in [-0.3, -0.25) is 4.90 Å². The molecular formula is C17H34N2. The zero-order valence-electron chi connectivity index (χ0n) is 13.3. The Morgan fingerprint density at radius 1 is 1.11 bits per heavy atom. The van der Waals surface area contributed by atoms with Crippen molar-refractivity contribution in [1.82, 2.24) is 10.2 Å². The van der Waals surface area contributed by atoms with Gasteiger partial charge in [-0.15, -0.1) is 0 Å². The first kappa shape index (κ1) is 15.3. The van der Waals surface area contributed by atoms with E-state index in [4.69, 9.17) is 0 Å². The first-order chi connectivity index (χ1) is 9.24. The monoisotopic (exact) mass is 266 g/mol. The van der Waals surface area contributed by atoms with Crippen LogP contribution in [0.15, 0.2) is 0 Å². The summed E-state index contributed by atoms with van der Waals surface area (Å²) in [7, 11) is 0. The van der Waals surface area contributed by atoms with Gasteiger partial charge in [0.2, 0.25) is 0 Å². The van der Waals surface area contributed by atoms with Crippen molar-refractivity contribution >= 4 is 0 Å². The standard InChI is InChI=1S/C17H34N2/c1-4-11-18-16-10-9-14(3)12-17(16)19(5-2)13-15-7-6-8-15/h14-18H,4-13H2,1-3H3. The largest absolute Gasteiger partial charge is 0.312 e. The fourth-order valence-electron chi connectivity index (χ4n) is 3.83. The highest BCUT2D eigenvalue weighted by Gasteiger charge is 2.33. The van der Waals surface area contributed by atoms with Gasteiger partial charge >= 0.3 is 0 Å². The van der Waals surface area contributed by atoms with Crippen LogP contribution in [0.1, 0.15) is 65.7 Å². The lowest BCUT2D eigenvalue weighted by atomic mass is 9.80. The molecule has 0 spiro atoms. The molecule has 2 heteroatoms. The molecule has 0 saturated heterocycles. The molecule has 112 valence electrons.